The van der Waals surface area contributed by atoms with Crippen LogP contribution in [0.3, 0.4) is 0 Å². The summed E-state index contributed by atoms with van der Waals surface area (Å²) in [6, 6.07) is 0.379. The average Bonchev–Trinajstić information content (AvgIpc) is 2.14. The van der Waals surface area contributed by atoms with E-state index in [4.69, 9.17) is 0 Å². The molecule has 1 fully saturated rings. The zero-order valence-corrected chi connectivity index (χ0v) is 10.2. The topological polar surface area (TPSA) is 54.5 Å². The number of rotatable bonds is 4. The van der Waals surface area contributed by atoms with Gasteiger partial charge in [-0.15, -0.1) is 0 Å². The maximum atomic E-state index is 11.0. The summed E-state index contributed by atoms with van der Waals surface area (Å²) >= 11 is 0. The molecule has 1 saturated carbocycles. The van der Waals surface area contributed by atoms with Crippen LogP contribution in [0.2, 0.25) is 0 Å². The summed E-state index contributed by atoms with van der Waals surface area (Å²) in [5.41, 5.74) is 0. The van der Waals surface area contributed by atoms with Gasteiger partial charge in [-0.2, -0.15) is 0 Å². The highest BCUT2D eigenvalue weighted by atomic mass is 32.2. The molecule has 1 aliphatic carbocycles. The molecule has 0 unspecified atom stereocenters. The Morgan fingerprint density at radius 3 is 2.33 bits per heavy atom. The third-order valence-electron chi connectivity index (χ3n) is 2.95. The zero-order valence-electron chi connectivity index (χ0n) is 9.40. The first-order valence-corrected chi connectivity index (χ1v) is 7.34. The van der Waals surface area contributed by atoms with Gasteiger partial charge in [-0.1, -0.05) is 0 Å². The van der Waals surface area contributed by atoms with Crippen LogP contribution in [-0.2, 0) is 14.6 Å². The van der Waals surface area contributed by atoms with E-state index in [9.17, 15) is 13.2 Å². The monoisotopic (exact) mass is 233 g/mol. The van der Waals surface area contributed by atoms with Gasteiger partial charge in [0.1, 0.15) is 15.6 Å². The van der Waals surface area contributed by atoms with E-state index >= 15 is 0 Å². The molecule has 0 aromatic carbocycles. The highest BCUT2D eigenvalue weighted by Crippen LogP contribution is 2.19. The summed E-state index contributed by atoms with van der Waals surface area (Å²) in [4.78, 5) is 13.1. The molecule has 0 spiro atoms. The summed E-state index contributed by atoms with van der Waals surface area (Å²) in [6.45, 7) is 0.567. The zero-order chi connectivity index (χ0) is 11.5. The number of nitrogens with zero attached hydrogens (tertiary/aromatic N) is 1. The van der Waals surface area contributed by atoms with Crippen molar-refractivity contribution in [1.82, 2.24) is 4.90 Å². The van der Waals surface area contributed by atoms with Crippen LogP contribution in [0, 0.1) is 0 Å². The standard InChI is InChI=1S/C10H19NO3S/c1-11(7-8-15(2,13)14)9-3-5-10(12)6-4-9/h9H,3-8H2,1-2H3. The molecule has 0 aromatic heterocycles. The number of Topliss-reactive ketones (excluding diaryl/α,β-unsaturated/α-hetero) is 1. The van der Waals surface area contributed by atoms with E-state index in [0.29, 0.717) is 31.2 Å². The van der Waals surface area contributed by atoms with Crippen molar-refractivity contribution < 1.29 is 13.2 Å². The number of hydrogen-bond donors (Lipinski definition) is 0. The van der Waals surface area contributed by atoms with Crippen molar-refractivity contribution in [2.45, 2.75) is 31.7 Å². The predicted octanol–water partition coefficient (Wildman–Crippen LogP) is 0.475. The highest BCUT2D eigenvalue weighted by molar-refractivity contribution is 7.90. The Balaban J connectivity index is 2.34. The quantitative estimate of drug-likeness (QED) is 0.708. The summed E-state index contributed by atoms with van der Waals surface area (Å²) in [5.74, 6) is 0.538. The Bertz CT molecular complexity index is 314. The average molecular weight is 233 g/mol. The minimum atomic E-state index is -2.88. The molecule has 0 amide bonds. The van der Waals surface area contributed by atoms with Gasteiger partial charge in [-0.25, -0.2) is 8.42 Å². The van der Waals surface area contributed by atoms with Gasteiger partial charge in [0.05, 0.1) is 5.75 Å². The Hall–Kier alpha value is -0.420. The molecule has 5 heteroatoms. The Morgan fingerprint density at radius 2 is 1.87 bits per heavy atom. The van der Waals surface area contributed by atoms with Crippen LogP contribution in [0.15, 0.2) is 0 Å². The van der Waals surface area contributed by atoms with Crippen LogP contribution in [0.25, 0.3) is 0 Å². The molecule has 4 nitrogen and oxygen atoms in total. The van der Waals surface area contributed by atoms with Crippen LogP contribution < -0.4 is 0 Å². The largest absolute Gasteiger partial charge is 0.302 e. The molecular weight excluding hydrogens is 214 g/mol. The van der Waals surface area contributed by atoms with E-state index in [2.05, 4.69) is 4.90 Å². The predicted molar refractivity (Wildman–Crippen MR) is 59.6 cm³/mol. The van der Waals surface area contributed by atoms with Crippen LogP contribution in [0.5, 0.6) is 0 Å². The number of sulfone groups is 1. The van der Waals surface area contributed by atoms with Crippen LogP contribution >= 0.6 is 0 Å². The first kappa shape index (κ1) is 12.6. The third kappa shape index (κ3) is 4.75. The van der Waals surface area contributed by atoms with Gasteiger partial charge < -0.3 is 4.90 Å². The smallest absolute Gasteiger partial charge is 0.148 e. The number of carbonyl (C=O) groups is 1. The van der Waals surface area contributed by atoms with Crippen LogP contribution in [0.4, 0.5) is 0 Å². The van der Waals surface area contributed by atoms with Gasteiger partial charge in [0.2, 0.25) is 0 Å². The molecule has 0 heterocycles. The van der Waals surface area contributed by atoms with Crippen LogP contribution in [-0.4, -0.2) is 50.7 Å². The first-order valence-electron chi connectivity index (χ1n) is 5.28. The summed E-state index contributed by atoms with van der Waals surface area (Å²) in [5, 5.41) is 0. The summed E-state index contributed by atoms with van der Waals surface area (Å²) in [6.07, 6.45) is 4.30. The molecule has 0 radical (unpaired) electrons. The van der Waals surface area contributed by atoms with Gasteiger partial charge in [0, 0.05) is 31.7 Å². The first-order chi connectivity index (χ1) is 6.88. The van der Waals surface area contributed by atoms with Gasteiger partial charge >= 0.3 is 0 Å². The molecule has 0 atom stereocenters. The number of carbonyl (C=O) groups excluding carboxylic acids is 1. The minimum Gasteiger partial charge on any atom is -0.302 e. The molecule has 0 aliphatic heterocycles. The van der Waals surface area contributed by atoms with E-state index in [1.165, 1.54) is 6.26 Å². The molecule has 0 aromatic rings. The fourth-order valence-corrected chi connectivity index (χ4v) is 2.48. The fraction of sp³-hybridized carbons (Fsp3) is 0.900. The minimum absolute atomic E-state index is 0.202. The van der Waals surface area contributed by atoms with Crippen molar-refractivity contribution in [3.8, 4) is 0 Å². The highest BCUT2D eigenvalue weighted by Gasteiger charge is 2.22. The molecular formula is C10H19NO3S. The van der Waals surface area contributed by atoms with E-state index in [0.717, 1.165) is 12.8 Å². The lowest BCUT2D eigenvalue weighted by Gasteiger charge is -2.30. The van der Waals surface area contributed by atoms with E-state index < -0.39 is 9.84 Å². The van der Waals surface area contributed by atoms with Crippen molar-refractivity contribution in [3.05, 3.63) is 0 Å². The maximum absolute atomic E-state index is 11.0. The van der Waals surface area contributed by atoms with E-state index in [1.807, 2.05) is 7.05 Å². The number of ketones is 1. The van der Waals surface area contributed by atoms with Gasteiger partial charge in [-0.3, -0.25) is 4.79 Å². The SMILES string of the molecule is CN(CCS(C)(=O)=O)C1CCC(=O)CC1. The lowest BCUT2D eigenvalue weighted by Crippen LogP contribution is -2.37. The molecule has 1 aliphatic rings. The molecule has 0 N–H and O–H groups in total. The van der Waals surface area contributed by atoms with Crippen molar-refractivity contribution in [2.24, 2.45) is 0 Å². The lowest BCUT2D eigenvalue weighted by molar-refractivity contribution is -0.121. The molecule has 1 rings (SSSR count). The molecule has 0 bridgehead atoms. The molecule has 88 valence electrons. The van der Waals surface area contributed by atoms with Crippen LogP contribution in [0.1, 0.15) is 25.7 Å². The second-order valence-corrected chi connectivity index (χ2v) is 6.64. The van der Waals surface area contributed by atoms with Crippen molar-refractivity contribution in [1.29, 1.82) is 0 Å². The Labute approximate surface area is 91.6 Å². The van der Waals surface area contributed by atoms with Gasteiger partial charge in [0.15, 0.2) is 0 Å². The molecule has 0 saturated heterocycles. The fourth-order valence-electron chi connectivity index (χ4n) is 1.86. The van der Waals surface area contributed by atoms with Gasteiger partial charge in [-0.05, 0) is 19.9 Å². The van der Waals surface area contributed by atoms with Crippen molar-refractivity contribution >= 4 is 15.6 Å². The Morgan fingerprint density at radius 1 is 1.33 bits per heavy atom. The van der Waals surface area contributed by atoms with Gasteiger partial charge in [0.25, 0.3) is 0 Å². The second-order valence-electron chi connectivity index (χ2n) is 4.38. The normalized spacial score (nSPS) is 19.8. The maximum Gasteiger partial charge on any atom is 0.148 e. The second kappa shape index (κ2) is 5.07. The lowest BCUT2D eigenvalue weighted by atomic mass is 9.93. The van der Waals surface area contributed by atoms with Crippen molar-refractivity contribution in [2.75, 3.05) is 25.6 Å². The summed E-state index contributed by atoms with van der Waals surface area (Å²) < 4.78 is 22.0. The Kier molecular flexibility index (Phi) is 4.28. The van der Waals surface area contributed by atoms with E-state index in [-0.39, 0.29) is 5.75 Å². The summed E-state index contributed by atoms with van der Waals surface area (Å²) in [7, 11) is -0.941. The molecule has 15 heavy (non-hydrogen) atoms. The van der Waals surface area contributed by atoms with E-state index in [1.54, 1.807) is 0 Å². The third-order valence-corrected chi connectivity index (χ3v) is 3.88. The van der Waals surface area contributed by atoms with Crippen molar-refractivity contribution in [3.63, 3.8) is 0 Å². The number of hydrogen-bond acceptors (Lipinski definition) is 4.